The van der Waals surface area contributed by atoms with E-state index in [2.05, 4.69) is 66.7 Å². The summed E-state index contributed by atoms with van der Waals surface area (Å²) in [5.41, 5.74) is 2.21. The van der Waals surface area contributed by atoms with Gasteiger partial charge in [-0.1, -0.05) is 0 Å². The number of ether oxygens (including phenoxy) is 2. The van der Waals surface area contributed by atoms with Gasteiger partial charge in [-0.2, -0.15) is 0 Å². The number of aromatic nitrogens is 1. The van der Waals surface area contributed by atoms with Crippen molar-refractivity contribution in [2.45, 2.75) is 0 Å². The zero-order valence-electron chi connectivity index (χ0n) is 17.7. The molecular formula is C27H21NO2Se2. The number of nitrogens with zero attached hydrogens (tertiary/aromatic N) is 1. The van der Waals surface area contributed by atoms with Crippen molar-refractivity contribution in [3.63, 3.8) is 0 Å². The maximum atomic E-state index is 5.30. The molecule has 0 radical (unpaired) electrons. The van der Waals surface area contributed by atoms with Gasteiger partial charge in [-0.3, -0.25) is 0 Å². The van der Waals surface area contributed by atoms with Gasteiger partial charge < -0.3 is 0 Å². The van der Waals surface area contributed by atoms with Gasteiger partial charge in [0.15, 0.2) is 0 Å². The molecule has 0 bridgehead atoms. The molecular weight excluding hydrogens is 528 g/mol. The molecule has 5 rings (SSSR count). The SMILES string of the molecule is COc1ccc([Se]c2cccc3cc4cccc([Se]c5ccc(OC)cc5)c4nc23)cc1. The van der Waals surface area contributed by atoms with Crippen LogP contribution >= 0.6 is 0 Å². The van der Waals surface area contributed by atoms with Crippen LogP contribution < -0.4 is 27.3 Å². The molecule has 0 N–H and O–H groups in total. The molecule has 4 aromatic carbocycles. The third-order valence-electron chi connectivity index (χ3n) is 5.17. The first-order chi connectivity index (χ1) is 15.7. The van der Waals surface area contributed by atoms with E-state index in [0.29, 0.717) is 0 Å². The Morgan fingerprint density at radius 1 is 0.562 bits per heavy atom. The first-order valence-corrected chi connectivity index (χ1v) is 13.6. The van der Waals surface area contributed by atoms with Crippen molar-refractivity contribution in [2.75, 3.05) is 14.2 Å². The Balaban J connectivity index is 1.55. The molecule has 158 valence electrons. The second kappa shape index (κ2) is 9.36. The molecule has 0 spiro atoms. The zero-order valence-corrected chi connectivity index (χ0v) is 21.2. The van der Waals surface area contributed by atoms with Crippen LogP contribution in [0.1, 0.15) is 0 Å². The topological polar surface area (TPSA) is 31.4 Å². The van der Waals surface area contributed by atoms with Crippen molar-refractivity contribution in [3.05, 3.63) is 91.0 Å². The van der Waals surface area contributed by atoms with Crippen molar-refractivity contribution in [1.82, 2.24) is 4.98 Å². The van der Waals surface area contributed by atoms with Gasteiger partial charge in [0.2, 0.25) is 0 Å². The summed E-state index contributed by atoms with van der Waals surface area (Å²) in [6.45, 7) is 0. The number of hydrogen-bond acceptors (Lipinski definition) is 3. The Labute approximate surface area is 200 Å². The van der Waals surface area contributed by atoms with E-state index in [9.17, 15) is 0 Å². The van der Waals surface area contributed by atoms with Gasteiger partial charge in [-0.25, -0.2) is 0 Å². The predicted octanol–water partition coefficient (Wildman–Crippen LogP) is 2.72. The molecule has 0 unspecified atom stereocenters. The molecule has 0 aliphatic heterocycles. The van der Waals surface area contributed by atoms with Crippen LogP contribution in [0.2, 0.25) is 0 Å². The van der Waals surface area contributed by atoms with Gasteiger partial charge in [0.1, 0.15) is 0 Å². The summed E-state index contributed by atoms with van der Waals surface area (Å²) < 4.78 is 15.8. The van der Waals surface area contributed by atoms with Crippen molar-refractivity contribution >= 4 is 69.6 Å². The summed E-state index contributed by atoms with van der Waals surface area (Å²) in [5, 5.41) is 2.39. The van der Waals surface area contributed by atoms with E-state index in [1.165, 1.54) is 28.6 Å². The van der Waals surface area contributed by atoms with E-state index in [1.807, 2.05) is 24.3 Å². The quantitative estimate of drug-likeness (QED) is 0.241. The number of fused-ring (bicyclic) bond motifs is 2. The average molecular weight is 549 g/mol. The minimum atomic E-state index is 0.169. The molecule has 5 heteroatoms. The first kappa shape index (κ1) is 21.1. The molecule has 3 nitrogen and oxygen atoms in total. The first-order valence-electron chi connectivity index (χ1n) is 10.2. The average Bonchev–Trinajstić information content (AvgIpc) is 2.84. The van der Waals surface area contributed by atoms with E-state index in [4.69, 9.17) is 14.5 Å². The van der Waals surface area contributed by atoms with Crippen molar-refractivity contribution < 1.29 is 9.47 Å². The maximum absolute atomic E-state index is 5.30. The van der Waals surface area contributed by atoms with Crippen molar-refractivity contribution in [2.24, 2.45) is 0 Å². The Morgan fingerprint density at radius 3 is 1.41 bits per heavy atom. The van der Waals surface area contributed by atoms with Crippen molar-refractivity contribution in [3.8, 4) is 11.5 Å². The summed E-state index contributed by atoms with van der Waals surface area (Å²) in [6, 6.07) is 32.0. The number of methoxy groups -OCH3 is 2. The minimum absolute atomic E-state index is 0.169. The van der Waals surface area contributed by atoms with Crippen LogP contribution in [0.15, 0.2) is 91.0 Å². The summed E-state index contributed by atoms with van der Waals surface area (Å²) >= 11 is 0.338. The Hall–Kier alpha value is -2.81. The van der Waals surface area contributed by atoms with Crippen LogP contribution in [0.3, 0.4) is 0 Å². The van der Waals surface area contributed by atoms with Crippen molar-refractivity contribution in [1.29, 1.82) is 0 Å². The van der Waals surface area contributed by atoms with Crippen LogP contribution in [0.25, 0.3) is 21.8 Å². The summed E-state index contributed by atoms with van der Waals surface area (Å²) in [5.74, 6) is 1.77. The Kier molecular flexibility index (Phi) is 6.16. The van der Waals surface area contributed by atoms with E-state index in [1.54, 1.807) is 14.2 Å². The number of rotatable bonds is 6. The molecule has 0 saturated carbocycles. The third kappa shape index (κ3) is 4.39. The fourth-order valence-electron chi connectivity index (χ4n) is 3.54. The summed E-state index contributed by atoms with van der Waals surface area (Å²) in [4.78, 5) is 5.22. The van der Waals surface area contributed by atoms with Gasteiger partial charge in [0, 0.05) is 0 Å². The van der Waals surface area contributed by atoms with E-state index in [-0.39, 0.29) is 29.9 Å². The van der Waals surface area contributed by atoms with Gasteiger partial charge in [0.25, 0.3) is 0 Å². The summed E-state index contributed by atoms with van der Waals surface area (Å²) in [7, 11) is 3.40. The molecule has 1 aromatic heterocycles. The second-order valence-corrected chi connectivity index (χ2v) is 11.9. The number of hydrogen-bond donors (Lipinski definition) is 0. The van der Waals surface area contributed by atoms with Crippen LogP contribution in [-0.4, -0.2) is 49.1 Å². The Bertz CT molecular complexity index is 1280. The molecule has 5 aromatic rings. The third-order valence-corrected chi connectivity index (χ3v) is 9.61. The van der Waals surface area contributed by atoms with Gasteiger partial charge in [-0.05, 0) is 0 Å². The molecule has 0 aliphatic rings. The monoisotopic (exact) mass is 551 g/mol. The molecule has 32 heavy (non-hydrogen) atoms. The number of para-hydroxylation sites is 2. The normalized spacial score (nSPS) is 11.1. The molecule has 0 saturated heterocycles. The predicted molar refractivity (Wildman–Crippen MR) is 135 cm³/mol. The fourth-order valence-corrected chi connectivity index (χ4v) is 7.45. The zero-order chi connectivity index (χ0) is 21.9. The van der Waals surface area contributed by atoms with E-state index < -0.39 is 0 Å². The molecule has 0 fully saturated rings. The molecule has 0 atom stereocenters. The van der Waals surface area contributed by atoms with Gasteiger partial charge >= 0.3 is 201 Å². The van der Waals surface area contributed by atoms with Crippen LogP contribution in [-0.2, 0) is 0 Å². The van der Waals surface area contributed by atoms with E-state index >= 15 is 0 Å². The van der Waals surface area contributed by atoms with E-state index in [0.717, 1.165) is 22.5 Å². The molecule has 1 heterocycles. The summed E-state index contributed by atoms with van der Waals surface area (Å²) in [6.07, 6.45) is 0. The van der Waals surface area contributed by atoms with Crippen LogP contribution in [0.4, 0.5) is 0 Å². The van der Waals surface area contributed by atoms with Gasteiger partial charge in [0.05, 0.1) is 0 Å². The molecule has 0 aliphatic carbocycles. The second-order valence-electron chi connectivity index (χ2n) is 7.20. The number of benzene rings is 4. The van der Waals surface area contributed by atoms with Crippen LogP contribution in [0, 0.1) is 0 Å². The molecule has 0 amide bonds. The van der Waals surface area contributed by atoms with Gasteiger partial charge in [-0.15, -0.1) is 0 Å². The Morgan fingerprint density at radius 2 is 1.00 bits per heavy atom. The van der Waals surface area contributed by atoms with Crippen LogP contribution in [0.5, 0.6) is 11.5 Å². The standard InChI is InChI=1S/C27H21NO2Se2/c1-29-20-9-13-22(14-10-20)31-24-7-3-5-18-17-19-6-4-8-25(27(19)28-26(18)24)32-23-15-11-21(30-2)12-16-23/h3-17H,1-2H3. The fraction of sp³-hybridized carbons (Fsp3) is 0.0741. The number of pyridine rings is 1.